The normalized spacial score (nSPS) is 37.1. The van der Waals surface area contributed by atoms with Crippen LogP contribution in [0.1, 0.15) is 51.5 Å². The first-order valence-electron chi connectivity index (χ1n) is 7.38. The second kappa shape index (κ2) is 4.06. The maximum Gasteiger partial charge on any atom is 0.0498 e. The van der Waals surface area contributed by atoms with Crippen LogP contribution in [0.15, 0.2) is 24.5 Å². The van der Waals surface area contributed by atoms with E-state index in [4.69, 9.17) is 5.73 Å². The monoisotopic (exact) mass is 244 g/mol. The average Bonchev–Trinajstić information content (AvgIpc) is 2.99. The van der Waals surface area contributed by atoms with Crippen LogP contribution in [-0.2, 0) is 5.54 Å². The Labute approximate surface area is 110 Å². The molecule has 2 nitrogen and oxygen atoms in total. The van der Waals surface area contributed by atoms with E-state index in [0.717, 1.165) is 5.92 Å². The Morgan fingerprint density at radius 2 is 1.78 bits per heavy atom. The summed E-state index contributed by atoms with van der Waals surface area (Å²) in [7, 11) is 0. The number of hydrogen-bond donors (Lipinski definition) is 1. The lowest BCUT2D eigenvalue weighted by molar-refractivity contribution is 0.0354. The third-order valence-electron chi connectivity index (χ3n) is 6.10. The van der Waals surface area contributed by atoms with Crippen LogP contribution >= 0.6 is 0 Å². The zero-order chi connectivity index (χ0) is 12.8. The number of nitrogens with two attached hydrogens (primary N) is 1. The summed E-state index contributed by atoms with van der Waals surface area (Å²) in [6.45, 7) is 4.65. The van der Waals surface area contributed by atoms with Crippen LogP contribution in [0.25, 0.3) is 0 Å². The van der Waals surface area contributed by atoms with Gasteiger partial charge in [-0.3, -0.25) is 4.98 Å². The second-order valence-corrected chi connectivity index (χ2v) is 6.18. The van der Waals surface area contributed by atoms with Gasteiger partial charge in [0.1, 0.15) is 0 Å². The lowest BCUT2D eigenvalue weighted by atomic mass is 9.56. The number of aromatic nitrogens is 1. The quantitative estimate of drug-likeness (QED) is 0.884. The number of nitrogens with zero attached hydrogens (tertiary/aromatic N) is 1. The van der Waals surface area contributed by atoms with Crippen molar-refractivity contribution in [1.82, 2.24) is 4.98 Å². The van der Waals surface area contributed by atoms with Gasteiger partial charge in [-0.1, -0.05) is 13.8 Å². The Bertz CT molecular complexity index is 424. The van der Waals surface area contributed by atoms with Gasteiger partial charge < -0.3 is 5.73 Å². The van der Waals surface area contributed by atoms with Crippen molar-refractivity contribution in [3.63, 3.8) is 0 Å². The van der Waals surface area contributed by atoms with Crippen LogP contribution in [0.4, 0.5) is 0 Å². The van der Waals surface area contributed by atoms with Gasteiger partial charge >= 0.3 is 0 Å². The van der Waals surface area contributed by atoms with Gasteiger partial charge in [-0.15, -0.1) is 0 Å². The molecule has 0 radical (unpaired) electrons. The molecule has 2 unspecified atom stereocenters. The number of rotatable bonds is 3. The second-order valence-electron chi connectivity index (χ2n) is 6.18. The molecule has 0 saturated heterocycles. The Morgan fingerprint density at radius 1 is 1.17 bits per heavy atom. The molecule has 2 fully saturated rings. The van der Waals surface area contributed by atoms with E-state index >= 15 is 0 Å². The van der Waals surface area contributed by atoms with Crippen molar-refractivity contribution in [2.45, 2.75) is 51.5 Å². The van der Waals surface area contributed by atoms with E-state index in [1.807, 2.05) is 12.4 Å². The average molecular weight is 244 g/mol. The standard InChI is InChI=1S/C16H24N2/c1-3-15(4-2)13-5-6-14(11-13)16(15,17)12-7-9-18-10-8-12/h7-10,13-14H,3-6,11,17H2,1-2H3/t13?,14?,16-/m1/s1. The minimum absolute atomic E-state index is 0.123. The number of pyridine rings is 1. The van der Waals surface area contributed by atoms with Crippen LogP contribution in [0.5, 0.6) is 0 Å². The first kappa shape index (κ1) is 12.2. The molecular formula is C16H24N2. The molecule has 0 aliphatic heterocycles. The van der Waals surface area contributed by atoms with Crippen LogP contribution in [0, 0.1) is 17.3 Å². The lowest BCUT2D eigenvalue weighted by Crippen LogP contribution is -2.56. The molecule has 1 aromatic rings. The summed E-state index contributed by atoms with van der Waals surface area (Å²) in [5.41, 5.74) is 8.53. The molecule has 2 heteroatoms. The number of hydrogen-bond acceptors (Lipinski definition) is 2. The Hall–Kier alpha value is -0.890. The molecule has 3 rings (SSSR count). The lowest BCUT2D eigenvalue weighted by Gasteiger charge is -2.51. The zero-order valence-corrected chi connectivity index (χ0v) is 11.5. The predicted octanol–water partition coefficient (Wildman–Crippen LogP) is 3.47. The van der Waals surface area contributed by atoms with Crippen LogP contribution in [0.3, 0.4) is 0 Å². The molecule has 0 aromatic carbocycles. The van der Waals surface area contributed by atoms with Crippen molar-refractivity contribution in [3.8, 4) is 0 Å². The molecule has 3 atom stereocenters. The van der Waals surface area contributed by atoms with E-state index in [9.17, 15) is 0 Å². The van der Waals surface area contributed by atoms with E-state index in [2.05, 4.69) is 31.0 Å². The molecule has 2 N–H and O–H groups in total. The van der Waals surface area contributed by atoms with Gasteiger partial charge in [0.2, 0.25) is 0 Å². The third-order valence-corrected chi connectivity index (χ3v) is 6.10. The van der Waals surface area contributed by atoms with Crippen LogP contribution in [-0.4, -0.2) is 4.98 Å². The van der Waals surface area contributed by atoms with Crippen molar-refractivity contribution < 1.29 is 0 Å². The van der Waals surface area contributed by atoms with Gasteiger partial charge in [0.25, 0.3) is 0 Å². The highest BCUT2D eigenvalue weighted by molar-refractivity contribution is 5.32. The summed E-state index contributed by atoms with van der Waals surface area (Å²) in [6.07, 6.45) is 10.2. The summed E-state index contributed by atoms with van der Waals surface area (Å²) in [5.74, 6) is 1.50. The molecule has 18 heavy (non-hydrogen) atoms. The fourth-order valence-corrected chi connectivity index (χ4v) is 5.20. The van der Waals surface area contributed by atoms with Gasteiger partial charge in [-0.2, -0.15) is 0 Å². The molecule has 2 aliphatic carbocycles. The van der Waals surface area contributed by atoms with E-state index in [1.165, 1.54) is 37.7 Å². The maximum absolute atomic E-state index is 7.04. The Balaban J connectivity index is 2.13. The third kappa shape index (κ3) is 1.25. The highest BCUT2D eigenvalue weighted by Gasteiger charge is 2.64. The van der Waals surface area contributed by atoms with Gasteiger partial charge in [-0.05, 0) is 67.1 Å². The Morgan fingerprint density at radius 3 is 2.39 bits per heavy atom. The van der Waals surface area contributed by atoms with Gasteiger partial charge in [-0.25, -0.2) is 0 Å². The fraction of sp³-hybridized carbons (Fsp3) is 0.688. The summed E-state index contributed by atoms with van der Waals surface area (Å²) in [4.78, 5) is 4.15. The SMILES string of the molecule is CCC1(CC)C2CCC(C2)[C@]1(N)c1ccncc1. The Kier molecular flexibility index (Phi) is 2.74. The van der Waals surface area contributed by atoms with Crippen molar-refractivity contribution in [2.24, 2.45) is 23.0 Å². The highest BCUT2D eigenvalue weighted by atomic mass is 14.9. The predicted molar refractivity (Wildman–Crippen MR) is 73.9 cm³/mol. The van der Waals surface area contributed by atoms with Crippen molar-refractivity contribution in [3.05, 3.63) is 30.1 Å². The maximum atomic E-state index is 7.04. The van der Waals surface area contributed by atoms with E-state index in [0.29, 0.717) is 11.3 Å². The molecule has 1 heterocycles. The van der Waals surface area contributed by atoms with Crippen molar-refractivity contribution >= 4 is 0 Å². The first-order valence-corrected chi connectivity index (χ1v) is 7.38. The van der Waals surface area contributed by atoms with Crippen LogP contribution < -0.4 is 5.73 Å². The topological polar surface area (TPSA) is 38.9 Å². The minimum Gasteiger partial charge on any atom is -0.321 e. The van der Waals surface area contributed by atoms with Crippen molar-refractivity contribution in [1.29, 1.82) is 0 Å². The summed E-state index contributed by atoms with van der Waals surface area (Å²) in [6, 6.07) is 4.28. The van der Waals surface area contributed by atoms with Gasteiger partial charge in [0.05, 0.1) is 0 Å². The zero-order valence-electron chi connectivity index (χ0n) is 11.5. The van der Waals surface area contributed by atoms with Gasteiger partial charge in [0, 0.05) is 17.9 Å². The molecule has 0 amide bonds. The smallest absolute Gasteiger partial charge is 0.0498 e. The summed E-state index contributed by atoms with van der Waals surface area (Å²) < 4.78 is 0. The molecule has 2 bridgehead atoms. The van der Waals surface area contributed by atoms with E-state index in [1.54, 1.807) is 0 Å². The summed E-state index contributed by atoms with van der Waals surface area (Å²) >= 11 is 0. The minimum atomic E-state index is -0.123. The highest BCUT2D eigenvalue weighted by Crippen LogP contribution is 2.67. The summed E-state index contributed by atoms with van der Waals surface area (Å²) in [5, 5.41) is 0. The van der Waals surface area contributed by atoms with Gasteiger partial charge in [0.15, 0.2) is 0 Å². The molecule has 1 aromatic heterocycles. The van der Waals surface area contributed by atoms with Crippen LogP contribution in [0.2, 0.25) is 0 Å². The molecular weight excluding hydrogens is 220 g/mol. The number of fused-ring (bicyclic) bond motifs is 2. The molecule has 2 aliphatic rings. The fourth-order valence-electron chi connectivity index (χ4n) is 5.20. The molecule has 2 saturated carbocycles. The first-order chi connectivity index (χ1) is 8.69. The van der Waals surface area contributed by atoms with E-state index in [-0.39, 0.29) is 5.54 Å². The largest absolute Gasteiger partial charge is 0.321 e. The molecule has 98 valence electrons. The van der Waals surface area contributed by atoms with Crippen molar-refractivity contribution in [2.75, 3.05) is 0 Å². The van der Waals surface area contributed by atoms with E-state index < -0.39 is 0 Å². The molecule has 0 spiro atoms.